The van der Waals surface area contributed by atoms with Gasteiger partial charge in [0.05, 0.1) is 6.42 Å². The van der Waals surface area contributed by atoms with Crippen LogP contribution in [0.15, 0.2) is 48.5 Å². The highest BCUT2D eigenvalue weighted by atomic mass is 35.5. The fourth-order valence-electron chi connectivity index (χ4n) is 3.07. The highest BCUT2D eigenvalue weighted by Crippen LogP contribution is 2.24. The van der Waals surface area contributed by atoms with Crippen LogP contribution in [0.2, 0.25) is 10.0 Å². The molecular weight excluding hydrogens is 407 g/mol. The molecule has 0 aromatic heterocycles. The maximum absolute atomic E-state index is 13.2. The zero-order valence-electron chi connectivity index (χ0n) is 17.1. The molecule has 1 N–H and O–H groups in total. The molecule has 156 valence electrons. The summed E-state index contributed by atoms with van der Waals surface area (Å²) >= 11 is 12.4. The predicted octanol–water partition coefficient (Wildman–Crippen LogP) is 5.26. The molecule has 29 heavy (non-hydrogen) atoms. The Morgan fingerprint density at radius 3 is 2.31 bits per heavy atom. The largest absolute Gasteiger partial charge is 0.352 e. The number of halogens is 2. The quantitative estimate of drug-likeness (QED) is 0.584. The first-order chi connectivity index (χ1) is 13.8. The number of nitrogens with zero attached hydrogens (tertiary/aromatic N) is 1. The van der Waals surface area contributed by atoms with E-state index in [1.165, 1.54) is 0 Å². The van der Waals surface area contributed by atoms with Crippen molar-refractivity contribution in [3.63, 3.8) is 0 Å². The lowest BCUT2D eigenvalue weighted by atomic mass is 10.1. The van der Waals surface area contributed by atoms with Gasteiger partial charge in [0.2, 0.25) is 11.8 Å². The van der Waals surface area contributed by atoms with E-state index in [4.69, 9.17) is 23.2 Å². The van der Waals surface area contributed by atoms with Crippen LogP contribution in [0.3, 0.4) is 0 Å². The van der Waals surface area contributed by atoms with Crippen LogP contribution in [0.4, 0.5) is 0 Å². The van der Waals surface area contributed by atoms with E-state index in [9.17, 15) is 9.59 Å². The van der Waals surface area contributed by atoms with Crippen LogP contribution < -0.4 is 5.32 Å². The molecule has 6 heteroatoms. The summed E-state index contributed by atoms with van der Waals surface area (Å²) in [4.78, 5) is 27.8. The summed E-state index contributed by atoms with van der Waals surface area (Å²) in [5.41, 5.74) is 1.66. The van der Waals surface area contributed by atoms with Gasteiger partial charge in [0.15, 0.2) is 0 Å². The molecule has 0 aliphatic rings. The molecule has 2 rings (SSSR count). The molecule has 2 aromatic rings. The van der Waals surface area contributed by atoms with Crippen molar-refractivity contribution in [2.24, 2.45) is 0 Å². The number of benzene rings is 2. The van der Waals surface area contributed by atoms with Gasteiger partial charge in [0.1, 0.15) is 6.04 Å². The van der Waals surface area contributed by atoms with Gasteiger partial charge < -0.3 is 10.2 Å². The molecule has 0 unspecified atom stereocenters. The van der Waals surface area contributed by atoms with Crippen LogP contribution in [-0.4, -0.2) is 28.8 Å². The van der Waals surface area contributed by atoms with Gasteiger partial charge in [-0.2, -0.15) is 0 Å². The van der Waals surface area contributed by atoms with Crippen molar-refractivity contribution in [2.45, 2.75) is 58.7 Å². The fourth-order valence-corrected chi connectivity index (χ4v) is 3.53. The molecule has 0 aliphatic heterocycles. The zero-order valence-corrected chi connectivity index (χ0v) is 18.6. The normalized spacial score (nSPS) is 12.9. The first-order valence-electron chi connectivity index (χ1n) is 9.93. The minimum absolute atomic E-state index is 0.0433. The lowest BCUT2D eigenvalue weighted by Gasteiger charge is -2.32. The molecular formula is C23H28Cl2N2O2. The Labute approximate surface area is 183 Å². The molecule has 2 atom stereocenters. The van der Waals surface area contributed by atoms with E-state index in [1.807, 2.05) is 51.1 Å². The first kappa shape index (κ1) is 23.2. The summed E-state index contributed by atoms with van der Waals surface area (Å²) in [5, 5.41) is 4.01. The first-order valence-corrected chi connectivity index (χ1v) is 10.7. The molecule has 0 saturated heterocycles. The summed E-state index contributed by atoms with van der Waals surface area (Å²) in [5.74, 6) is -0.262. The van der Waals surface area contributed by atoms with Crippen molar-refractivity contribution in [1.82, 2.24) is 10.2 Å². The smallest absolute Gasteiger partial charge is 0.243 e. The fraction of sp³-hybridized carbons (Fsp3) is 0.391. The van der Waals surface area contributed by atoms with E-state index in [1.54, 1.807) is 23.1 Å². The van der Waals surface area contributed by atoms with Gasteiger partial charge in [-0.3, -0.25) is 9.59 Å². The van der Waals surface area contributed by atoms with Crippen LogP contribution in [-0.2, 0) is 22.6 Å². The maximum atomic E-state index is 13.2. The molecule has 0 bridgehead atoms. The summed E-state index contributed by atoms with van der Waals surface area (Å²) in [6, 6.07) is 14.2. The Kier molecular flexibility index (Phi) is 8.99. The van der Waals surface area contributed by atoms with E-state index in [0.29, 0.717) is 16.5 Å². The van der Waals surface area contributed by atoms with Gasteiger partial charge in [-0.1, -0.05) is 73.4 Å². The number of carbonyl (C=O) groups is 2. The summed E-state index contributed by atoms with van der Waals surface area (Å²) in [7, 11) is 0. The predicted molar refractivity (Wildman–Crippen MR) is 119 cm³/mol. The zero-order chi connectivity index (χ0) is 21.4. The number of amides is 2. The summed E-state index contributed by atoms with van der Waals surface area (Å²) in [6.45, 7) is 6.12. The maximum Gasteiger partial charge on any atom is 0.243 e. The molecule has 2 aromatic carbocycles. The van der Waals surface area contributed by atoms with E-state index in [2.05, 4.69) is 5.32 Å². The molecule has 0 heterocycles. The Hall–Kier alpha value is -2.04. The van der Waals surface area contributed by atoms with Gasteiger partial charge in [0, 0.05) is 22.6 Å². The van der Waals surface area contributed by atoms with Crippen molar-refractivity contribution < 1.29 is 9.59 Å². The molecule has 0 saturated carbocycles. The topological polar surface area (TPSA) is 49.4 Å². The molecule has 2 amide bonds. The standard InChI is InChI=1S/C23H28Cl2N2O2/c1-4-16(3)26-23(29)21(5-2)27(15-18-11-12-19(24)14-20(18)25)22(28)13-17-9-7-6-8-10-17/h6-12,14,16,21H,4-5,13,15H2,1-3H3,(H,26,29)/t16-,21+/m0/s1. The van der Waals surface area contributed by atoms with E-state index in [0.717, 1.165) is 17.5 Å². The Bertz CT molecular complexity index is 827. The summed E-state index contributed by atoms with van der Waals surface area (Å²) in [6.07, 6.45) is 1.55. The third-order valence-electron chi connectivity index (χ3n) is 4.94. The minimum atomic E-state index is -0.577. The SMILES string of the molecule is CC[C@H](C(=O)N[C@@H](C)CC)N(Cc1ccc(Cl)cc1Cl)C(=O)Cc1ccccc1. The van der Waals surface area contributed by atoms with E-state index in [-0.39, 0.29) is 30.8 Å². The molecule has 0 spiro atoms. The Morgan fingerprint density at radius 1 is 1.03 bits per heavy atom. The third kappa shape index (κ3) is 6.76. The monoisotopic (exact) mass is 434 g/mol. The number of carbonyl (C=O) groups excluding carboxylic acids is 2. The second-order valence-electron chi connectivity index (χ2n) is 7.16. The Balaban J connectivity index is 2.31. The molecule has 0 radical (unpaired) electrons. The van der Waals surface area contributed by atoms with Crippen molar-refractivity contribution in [1.29, 1.82) is 0 Å². The van der Waals surface area contributed by atoms with Crippen LogP contribution >= 0.6 is 23.2 Å². The number of hydrogen-bond donors (Lipinski definition) is 1. The van der Waals surface area contributed by atoms with Crippen molar-refractivity contribution in [2.75, 3.05) is 0 Å². The average Bonchev–Trinajstić information content (AvgIpc) is 2.70. The van der Waals surface area contributed by atoms with Gasteiger partial charge in [0.25, 0.3) is 0 Å². The van der Waals surface area contributed by atoms with Crippen LogP contribution in [0.25, 0.3) is 0 Å². The van der Waals surface area contributed by atoms with Gasteiger partial charge >= 0.3 is 0 Å². The average molecular weight is 435 g/mol. The second kappa shape index (κ2) is 11.2. The van der Waals surface area contributed by atoms with Crippen LogP contribution in [0.5, 0.6) is 0 Å². The minimum Gasteiger partial charge on any atom is -0.352 e. The second-order valence-corrected chi connectivity index (χ2v) is 8.01. The summed E-state index contributed by atoms with van der Waals surface area (Å²) < 4.78 is 0. The van der Waals surface area contributed by atoms with Crippen molar-refractivity contribution >= 4 is 35.0 Å². The van der Waals surface area contributed by atoms with Crippen LogP contribution in [0.1, 0.15) is 44.7 Å². The Morgan fingerprint density at radius 2 is 1.72 bits per heavy atom. The van der Waals surface area contributed by atoms with E-state index >= 15 is 0 Å². The highest BCUT2D eigenvalue weighted by molar-refractivity contribution is 6.35. The van der Waals surface area contributed by atoms with Gasteiger partial charge in [-0.25, -0.2) is 0 Å². The van der Waals surface area contributed by atoms with Gasteiger partial charge in [-0.15, -0.1) is 0 Å². The number of rotatable bonds is 9. The van der Waals surface area contributed by atoms with Crippen molar-refractivity contribution in [3.05, 3.63) is 69.7 Å². The number of nitrogens with one attached hydrogen (secondary N) is 1. The molecule has 4 nitrogen and oxygen atoms in total. The highest BCUT2D eigenvalue weighted by Gasteiger charge is 2.29. The van der Waals surface area contributed by atoms with Crippen LogP contribution in [0, 0.1) is 0 Å². The third-order valence-corrected chi connectivity index (χ3v) is 5.53. The lowest BCUT2D eigenvalue weighted by molar-refractivity contribution is -0.141. The lowest BCUT2D eigenvalue weighted by Crippen LogP contribution is -2.51. The van der Waals surface area contributed by atoms with E-state index < -0.39 is 6.04 Å². The number of hydrogen-bond acceptors (Lipinski definition) is 2. The molecule has 0 aliphatic carbocycles. The molecule has 0 fully saturated rings. The van der Waals surface area contributed by atoms with Crippen molar-refractivity contribution in [3.8, 4) is 0 Å². The van der Waals surface area contributed by atoms with Gasteiger partial charge in [-0.05, 0) is 43.0 Å².